The summed E-state index contributed by atoms with van der Waals surface area (Å²) in [4.78, 5) is 25.3. The number of nitrogens with one attached hydrogen (secondary N) is 1. The number of amides is 2. The van der Waals surface area contributed by atoms with Gasteiger partial charge in [-0.1, -0.05) is 28.9 Å². The van der Waals surface area contributed by atoms with Gasteiger partial charge in [0.25, 0.3) is 0 Å². The van der Waals surface area contributed by atoms with Crippen LogP contribution in [0.15, 0.2) is 28.7 Å². The first kappa shape index (κ1) is 15.0. The number of aliphatic hydroxyl groups excluding tert-OH is 1. The third-order valence-corrected chi connectivity index (χ3v) is 3.98. The van der Waals surface area contributed by atoms with Gasteiger partial charge in [-0.15, -0.1) is 0 Å². The molecule has 0 spiro atoms. The Morgan fingerprint density at radius 2 is 2.20 bits per heavy atom. The standard InChI is InChI=1S/C14H17BrN2O3/c1-9-5-6-17(8-12(9)18)14(20)13(19)16-11-4-2-3-10(15)7-11/h2-4,7,9,12,18H,5-6,8H2,1H3,(H,16,19). The first-order valence-electron chi connectivity index (χ1n) is 6.51. The number of halogens is 1. The van der Waals surface area contributed by atoms with E-state index in [1.54, 1.807) is 18.2 Å². The molecule has 108 valence electrons. The average Bonchev–Trinajstić information content (AvgIpc) is 2.41. The maximum atomic E-state index is 12.0. The monoisotopic (exact) mass is 340 g/mol. The molecule has 2 unspecified atom stereocenters. The molecule has 1 aromatic carbocycles. The summed E-state index contributed by atoms with van der Waals surface area (Å²) in [6, 6.07) is 7.04. The maximum absolute atomic E-state index is 12.0. The number of benzene rings is 1. The van der Waals surface area contributed by atoms with Crippen molar-refractivity contribution in [3.05, 3.63) is 28.7 Å². The van der Waals surface area contributed by atoms with Crippen molar-refractivity contribution < 1.29 is 14.7 Å². The molecule has 2 atom stereocenters. The molecule has 0 bridgehead atoms. The van der Waals surface area contributed by atoms with Crippen LogP contribution in [0.3, 0.4) is 0 Å². The fourth-order valence-electron chi connectivity index (χ4n) is 2.13. The van der Waals surface area contributed by atoms with E-state index in [2.05, 4.69) is 21.2 Å². The van der Waals surface area contributed by atoms with Crippen molar-refractivity contribution in [3.8, 4) is 0 Å². The van der Waals surface area contributed by atoms with Crippen LogP contribution in [0.5, 0.6) is 0 Å². The lowest BCUT2D eigenvalue weighted by molar-refractivity contribution is -0.146. The largest absolute Gasteiger partial charge is 0.391 e. The minimum absolute atomic E-state index is 0.159. The topological polar surface area (TPSA) is 69.6 Å². The second-order valence-corrected chi connectivity index (χ2v) is 5.96. The highest BCUT2D eigenvalue weighted by atomic mass is 79.9. The lowest BCUT2D eigenvalue weighted by Crippen LogP contribution is -2.49. The van der Waals surface area contributed by atoms with Crippen LogP contribution in [0, 0.1) is 5.92 Å². The number of rotatable bonds is 1. The van der Waals surface area contributed by atoms with Crippen LogP contribution < -0.4 is 5.32 Å². The normalized spacial score (nSPS) is 22.4. The Bertz CT molecular complexity index is 521. The second-order valence-electron chi connectivity index (χ2n) is 5.05. The third kappa shape index (κ3) is 3.58. The van der Waals surface area contributed by atoms with E-state index < -0.39 is 17.9 Å². The molecule has 20 heavy (non-hydrogen) atoms. The Morgan fingerprint density at radius 3 is 2.85 bits per heavy atom. The van der Waals surface area contributed by atoms with Gasteiger partial charge in [-0.25, -0.2) is 0 Å². The highest BCUT2D eigenvalue weighted by molar-refractivity contribution is 9.10. The molecule has 0 aliphatic carbocycles. The summed E-state index contributed by atoms with van der Waals surface area (Å²) in [5.41, 5.74) is 0.559. The minimum atomic E-state index is -0.676. The predicted molar refractivity (Wildman–Crippen MR) is 79.1 cm³/mol. The first-order chi connectivity index (χ1) is 9.47. The molecule has 0 radical (unpaired) electrons. The highest BCUT2D eigenvalue weighted by Crippen LogP contribution is 2.18. The van der Waals surface area contributed by atoms with Crippen LogP contribution in [-0.2, 0) is 9.59 Å². The molecular weight excluding hydrogens is 324 g/mol. The Kier molecular flexibility index (Phi) is 4.77. The third-order valence-electron chi connectivity index (χ3n) is 3.48. The number of carbonyl (C=O) groups excluding carboxylic acids is 2. The fraction of sp³-hybridized carbons (Fsp3) is 0.429. The lowest BCUT2D eigenvalue weighted by Gasteiger charge is -2.33. The molecule has 0 aromatic heterocycles. The molecule has 2 N–H and O–H groups in total. The van der Waals surface area contributed by atoms with Crippen molar-refractivity contribution >= 4 is 33.4 Å². The quantitative estimate of drug-likeness (QED) is 0.763. The molecule has 2 rings (SSSR count). The van der Waals surface area contributed by atoms with E-state index in [-0.39, 0.29) is 12.5 Å². The zero-order valence-corrected chi connectivity index (χ0v) is 12.8. The number of likely N-dealkylation sites (tertiary alicyclic amines) is 1. The number of carbonyl (C=O) groups is 2. The zero-order chi connectivity index (χ0) is 14.7. The number of anilines is 1. The SMILES string of the molecule is CC1CCN(C(=O)C(=O)Nc2cccc(Br)c2)CC1O. The second kappa shape index (κ2) is 6.37. The van der Waals surface area contributed by atoms with Gasteiger partial charge in [-0.05, 0) is 30.5 Å². The number of piperidine rings is 1. The van der Waals surface area contributed by atoms with Crippen LogP contribution in [0.1, 0.15) is 13.3 Å². The Hall–Kier alpha value is -1.40. The lowest BCUT2D eigenvalue weighted by atomic mass is 9.96. The summed E-state index contributed by atoms with van der Waals surface area (Å²) in [6.07, 6.45) is 0.142. The molecule has 1 aliphatic heterocycles. The number of hydrogen-bond donors (Lipinski definition) is 2. The molecule has 1 aromatic rings. The van der Waals surface area contributed by atoms with Gasteiger partial charge in [0, 0.05) is 23.2 Å². The summed E-state index contributed by atoms with van der Waals surface area (Å²) in [7, 11) is 0. The van der Waals surface area contributed by atoms with Crippen molar-refractivity contribution in [1.82, 2.24) is 4.90 Å². The number of hydrogen-bond acceptors (Lipinski definition) is 3. The summed E-state index contributed by atoms with van der Waals surface area (Å²) in [5, 5.41) is 12.3. The van der Waals surface area contributed by atoms with E-state index >= 15 is 0 Å². The van der Waals surface area contributed by atoms with Gasteiger partial charge in [-0.3, -0.25) is 9.59 Å². The number of β-amino-alcohol motifs (C(OH)–C–C–N with tert-alkyl or cyclic N) is 1. The molecule has 1 heterocycles. The van der Waals surface area contributed by atoms with E-state index in [9.17, 15) is 14.7 Å². The molecule has 0 saturated carbocycles. The van der Waals surface area contributed by atoms with Gasteiger partial charge in [0.2, 0.25) is 0 Å². The smallest absolute Gasteiger partial charge is 0.313 e. The van der Waals surface area contributed by atoms with E-state index in [1.807, 2.05) is 13.0 Å². The summed E-state index contributed by atoms with van der Waals surface area (Å²) >= 11 is 3.30. The Balaban J connectivity index is 1.97. The van der Waals surface area contributed by atoms with Crippen molar-refractivity contribution in [2.75, 3.05) is 18.4 Å². The van der Waals surface area contributed by atoms with Gasteiger partial charge in [0.05, 0.1) is 6.10 Å². The zero-order valence-electron chi connectivity index (χ0n) is 11.2. The van der Waals surface area contributed by atoms with Crippen molar-refractivity contribution in [2.45, 2.75) is 19.4 Å². The summed E-state index contributed by atoms with van der Waals surface area (Å²) in [6.45, 7) is 2.66. The molecular formula is C14H17BrN2O3. The van der Waals surface area contributed by atoms with Crippen molar-refractivity contribution in [3.63, 3.8) is 0 Å². The van der Waals surface area contributed by atoms with Crippen LogP contribution in [0.4, 0.5) is 5.69 Å². The summed E-state index contributed by atoms with van der Waals surface area (Å²) in [5.74, 6) is -1.12. The average molecular weight is 341 g/mol. The fourth-order valence-corrected chi connectivity index (χ4v) is 2.53. The van der Waals surface area contributed by atoms with E-state index in [0.29, 0.717) is 18.7 Å². The highest BCUT2D eigenvalue weighted by Gasteiger charge is 2.30. The molecule has 1 aliphatic rings. The van der Waals surface area contributed by atoms with E-state index in [1.165, 1.54) is 4.90 Å². The van der Waals surface area contributed by atoms with Gasteiger partial charge in [-0.2, -0.15) is 0 Å². The Labute approximate surface area is 126 Å². The van der Waals surface area contributed by atoms with Crippen LogP contribution >= 0.6 is 15.9 Å². The molecule has 1 saturated heterocycles. The maximum Gasteiger partial charge on any atom is 0.313 e. The Morgan fingerprint density at radius 1 is 1.45 bits per heavy atom. The van der Waals surface area contributed by atoms with Crippen molar-refractivity contribution in [1.29, 1.82) is 0 Å². The molecule has 6 heteroatoms. The van der Waals surface area contributed by atoms with Crippen LogP contribution in [0.25, 0.3) is 0 Å². The van der Waals surface area contributed by atoms with E-state index in [4.69, 9.17) is 0 Å². The van der Waals surface area contributed by atoms with Gasteiger partial charge >= 0.3 is 11.8 Å². The number of aliphatic hydroxyl groups is 1. The summed E-state index contributed by atoms with van der Waals surface area (Å²) < 4.78 is 0.824. The first-order valence-corrected chi connectivity index (χ1v) is 7.30. The van der Waals surface area contributed by atoms with Crippen LogP contribution in [-0.4, -0.2) is 41.0 Å². The van der Waals surface area contributed by atoms with Gasteiger partial charge < -0.3 is 15.3 Å². The molecule has 1 fully saturated rings. The predicted octanol–water partition coefficient (Wildman–Crippen LogP) is 1.62. The molecule has 2 amide bonds. The van der Waals surface area contributed by atoms with Gasteiger partial charge in [0.15, 0.2) is 0 Å². The van der Waals surface area contributed by atoms with Gasteiger partial charge in [0.1, 0.15) is 0 Å². The van der Waals surface area contributed by atoms with Crippen molar-refractivity contribution in [2.24, 2.45) is 5.92 Å². The molecule has 5 nitrogen and oxygen atoms in total. The van der Waals surface area contributed by atoms with E-state index in [0.717, 1.165) is 4.47 Å². The van der Waals surface area contributed by atoms with Crippen LogP contribution in [0.2, 0.25) is 0 Å². The minimum Gasteiger partial charge on any atom is -0.391 e. The number of nitrogens with zero attached hydrogens (tertiary/aromatic N) is 1.